The fraction of sp³-hybridized carbons (Fsp3) is 0.400. The Bertz CT molecular complexity index is 423. The van der Waals surface area contributed by atoms with Crippen molar-refractivity contribution in [1.82, 2.24) is 0 Å². The summed E-state index contributed by atoms with van der Waals surface area (Å²) in [5, 5.41) is 0. The van der Waals surface area contributed by atoms with Crippen molar-refractivity contribution in [2.24, 2.45) is 0 Å². The molecule has 0 saturated carbocycles. The Labute approximate surface area is 104 Å². The lowest BCUT2D eigenvalue weighted by Crippen LogP contribution is -2.24. The molecular weight excluding hydrogens is 296 g/mol. The lowest BCUT2D eigenvalue weighted by molar-refractivity contribution is -0.0851. The van der Waals surface area contributed by atoms with Crippen molar-refractivity contribution < 1.29 is 17.9 Å². The third-order valence-corrected chi connectivity index (χ3v) is 4.28. The molecule has 0 radical (unpaired) electrons. The minimum absolute atomic E-state index is 0.193. The molecule has 0 aliphatic rings. The molecule has 0 fully saturated rings. The van der Waals surface area contributed by atoms with Crippen LogP contribution in [0.25, 0.3) is 0 Å². The second kappa shape index (κ2) is 5.77. The predicted molar refractivity (Wildman–Crippen MR) is 64.0 cm³/mol. The topological polar surface area (TPSA) is 52.6 Å². The van der Waals surface area contributed by atoms with Crippen LogP contribution in [0.3, 0.4) is 0 Å². The molecule has 16 heavy (non-hydrogen) atoms. The van der Waals surface area contributed by atoms with Crippen molar-refractivity contribution in [3.63, 3.8) is 0 Å². The minimum Gasteiger partial charge on any atom is -0.355 e. The highest BCUT2D eigenvalue weighted by molar-refractivity contribution is 9.10. The summed E-state index contributed by atoms with van der Waals surface area (Å²) in [4.78, 5) is 0.259. The van der Waals surface area contributed by atoms with E-state index in [4.69, 9.17) is 9.47 Å². The number of hydrogen-bond donors (Lipinski definition) is 0. The van der Waals surface area contributed by atoms with Gasteiger partial charge in [0.05, 0.1) is 4.90 Å². The molecule has 0 aliphatic carbocycles. The van der Waals surface area contributed by atoms with Crippen LogP contribution >= 0.6 is 15.9 Å². The maximum Gasteiger partial charge on any atom is 0.183 e. The number of sulfone groups is 1. The molecule has 0 atom stereocenters. The quantitative estimate of drug-likeness (QED) is 0.779. The van der Waals surface area contributed by atoms with E-state index in [1.807, 2.05) is 0 Å². The number of ether oxygens (including phenoxy) is 2. The van der Waals surface area contributed by atoms with Gasteiger partial charge in [0.2, 0.25) is 0 Å². The molecule has 0 aliphatic heterocycles. The van der Waals surface area contributed by atoms with Crippen LogP contribution in [0.15, 0.2) is 33.6 Å². The van der Waals surface area contributed by atoms with Crippen molar-refractivity contribution in [2.75, 3.05) is 20.0 Å². The fourth-order valence-electron chi connectivity index (χ4n) is 1.15. The maximum absolute atomic E-state index is 11.9. The fourth-order valence-corrected chi connectivity index (χ4v) is 2.79. The van der Waals surface area contributed by atoms with Crippen LogP contribution in [0.1, 0.15) is 0 Å². The molecule has 0 bridgehead atoms. The average Bonchev–Trinajstić information content (AvgIpc) is 2.26. The molecule has 1 rings (SSSR count). The summed E-state index contributed by atoms with van der Waals surface area (Å²) in [6.45, 7) is 0. The average molecular weight is 309 g/mol. The van der Waals surface area contributed by atoms with Crippen LogP contribution in [0.2, 0.25) is 0 Å². The van der Waals surface area contributed by atoms with Gasteiger partial charge >= 0.3 is 0 Å². The zero-order chi connectivity index (χ0) is 12.2. The van der Waals surface area contributed by atoms with E-state index >= 15 is 0 Å². The number of rotatable bonds is 5. The molecule has 0 saturated heterocycles. The van der Waals surface area contributed by atoms with Crippen LogP contribution in [0.4, 0.5) is 0 Å². The Hall–Kier alpha value is -0.430. The van der Waals surface area contributed by atoms with Gasteiger partial charge < -0.3 is 9.47 Å². The van der Waals surface area contributed by atoms with Crippen molar-refractivity contribution in [3.8, 4) is 0 Å². The summed E-state index contributed by atoms with van der Waals surface area (Å²) in [6, 6.07) is 6.45. The highest BCUT2D eigenvalue weighted by atomic mass is 79.9. The Balaban J connectivity index is 2.89. The Kier molecular flexibility index (Phi) is 4.91. The molecule has 1 aromatic rings. The van der Waals surface area contributed by atoms with Gasteiger partial charge in [-0.3, -0.25) is 0 Å². The van der Waals surface area contributed by atoms with E-state index in [0.29, 0.717) is 0 Å². The number of halogens is 1. The SMILES string of the molecule is COC(CS(=O)(=O)c1ccc(Br)cc1)OC. The standard InChI is InChI=1S/C10H13BrO4S/c1-14-10(15-2)7-16(12,13)9-5-3-8(11)4-6-9/h3-6,10H,7H2,1-2H3. The van der Waals surface area contributed by atoms with Crippen LogP contribution in [0, 0.1) is 0 Å². The number of hydrogen-bond acceptors (Lipinski definition) is 4. The lowest BCUT2D eigenvalue weighted by Gasteiger charge is -2.13. The van der Waals surface area contributed by atoms with E-state index in [-0.39, 0.29) is 10.6 Å². The Morgan fingerprint density at radius 1 is 1.19 bits per heavy atom. The van der Waals surface area contributed by atoms with Gasteiger partial charge in [-0.05, 0) is 24.3 Å². The Morgan fingerprint density at radius 2 is 1.69 bits per heavy atom. The first-order valence-electron chi connectivity index (χ1n) is 4.53. The molecule has 0 heterocycles. The summed E-state index contributed by atoms with van der Waals surface area (Å²) in [7, 11) is -0.555. The second-order valence-corrected chi connectivity index (χ2v) is 6.09. The maximum atomic E-state index is 11.9. The smallest absolute Gasteiger partial charge is 0.183 e. The van der Waals surface area contributed by atoms with Gasteiger partial charge in [-0.15, -0.1) is 0 Å². The summed E-state index contributed by atoms with van der Waals surface area (Å²) >= 11 is 3.25. The molecule has 1 aromatic carbocycles. The van der Waals surface area contributed by atoms with Crippen LogP contribution in [-0.2, 0) is 19.3 Å². The number of methoxy groups -OCH3 is 2. The molecular formula is C10H13BrO4S. The summed E-state index contributed by atoms with van der Waals surface area (Å²) < 4.78 is 34.4. The monoisotopic (exact) mass is 308 g/mol. The first kappa shape index (κ1) is 13.6. The predicted octanol–water partition coefficient (Wildman–Crippen LogP) is 1.84. The molecule has 6 heteroatoms. The van der Waals surface area contributed by atoms with Crippen molar-refractivity contribution in [1.29, 1.82) is 0 Å². The first-order valence-corrected chi connectivity index (χ1v) is 6.98. The second-order valence-electron chi connectivity index (χ2n) is 3.14. The van der Waals surface area contributed by atoms with Gasteiger partial charge in [-0.2, -0.15) is 0 Å². The molecule has 0 aromatic heterocycles. The van der Waals surface area contributed by atoms with Gasteiger partial charge in [0, 0.05) is 18.7 Å². The van der Waals surface area contributed by atoms with E-state index in [1.54, 1.807) is 24.3 Å². The van der Waals surface area contributed by atoms with E-state index < -0.39 is 16.1 Å². The van der Waals surface area contributed by atoms with Crippen molar-refractivity contribution >= 4 is 25.8 Å². The van der Waals surface area contributed by atoms with Gasteiger partial charge in [0.15, 0.2) is 16.1 Å². The largest absolute Gasteiger partial charge is 0.355 e. The highest BCUT2D eigenvalue weighted by Gasteiger charge is 2.20. The summed E-state index contributed by atoms with van der Waals surface area (Å²) in [5.74, 6) is -0.193. The Morgan fingerprint density at radius 3 is 2.12 bits per heavy atom. The van der Waals surface area contributed by atoms with Gasteiger partial charge in [-0.1, -0.05) is 15.9 Å². The summed E-state index contributed by atoms with van der Waals surface area (Å²) in [6.07, 6.45) is -0.742. The molecule has 0 spiro atoms. The van der Waals surface area contributed by atoms with Crippen LogP contribution in [-0.4, -0.2) is 34.7 Å². The van der Waals surface area contributed by atoms with Crippen molar-refractivity contribution in [2.45, 2.75) is 11.2 Å². The van der Waals surface area contributed by atoms with Gasteiger partial charge in [0.25, 0.3) is 0 Å². The number of benzene rings is 1. The van der Waals surface area contributed by atoms with E-state index in [2.05, 4.69) is 15.9 Å². The third-order valence-electron chi connectivity index (χ3n) is 2.05. The van der Waals surface area contributed by atoms with Gasteiger partial charge in [-0.25, -0.2) is 8.42 Å². The van der Waals surface area contributed by atoms with E-state index in [9.17, 15) is 8.42 Å². The van der Waals surface area contributed by atoms with Crippen molar-refractivity contribution in [3.05, 3.63) is 28.7 Å². The molecule has 90 valence electrons. The van der Waals surface area contributed by atoms with E-state index in [0.717, 1.165) is 4.47 Å². The molecule has 0 N–H and O–H groups in total. The van der Waals surface area contributed by atoms with E-state index in [1.165, 1.54) is 14.2 Å². The van der Waals surface area contributed by atoms with Crippen LogP contribution < -0.4 is 0 Å². The zero-order valence-corrected chi connectivity index (χ0v) is 11.4. The first-order chi connectivity index (χ1) is 7.49. The lowest BCUT2D eigenvalue weighted by atomic mass is 10.4. The highest BCUT2D eigenvalue weighted by Crippen LogP contribution is 2.17. The summed E-state index contributed by atoms with van der Waals surface area (Å²) in [5.41, 5.74) is 0. The zero-order valence-electron chi connectivity index (χ0n) is 9.01. The minimum atomic E-state index is -3.37. The molecule has 4 nitrogen and oxygen atoms in total. The molecule has 0 amide bonds. The third kappa shape index (κ3) is 3.55. The molecule has 0 unspecified atom stereocenters. The normalized spacial score (nSPS) is 12.0. The van der Waals surface area contributed by atoms with Gasteiger partial charge in [0.1, 0.15) is 5.75 Å². The van der Waals surface area contributed by atoms with Crippen LogP contribution in [0.5, 0.6) is 0 Å².